The molecule has 2 rings (SSSR count). The van der Waals surface area contributed by atoms with Crippen LogP contribution in [-0.4, -0.2) is 32.1 Å². The third-order valence-corrected chi connectivity index (χ3v) is 2.80. The molecule has 0 aliphatic carbocycles. The van der Waals surface area contributed by atoms with Crippen LogP contribution >= 0.6 is 0 Å². The van der Waals surface area contributed by atoms with E-state index in [1.165, 1.54) is 4.68 Å². The van der Waals surface area contributed by atoms with E-state index in [0.717, 1.165) is 0 Å². The summed E-state index contributed by atoms with van der Waals surface area (Å²) in [6.07, 6.45) is 5.47. The van der Waals surface area contributed by atoms with Gasteiger partial charge in [0.05, 0.1) is 19.0 Å². The summed E-state index contributed by atoms with van der Waals surface area (Å²) in [6, 6.07) is 0. The van der Waals surface area contributed by atoms with Crippen molar-refractivity contribution >= 4 is 5.97 Å². The van der Waals surface area contributed by atoms with E-state index in [-0.39, 0.29) is 17.7 Å². The zero-order chi connectivity index (χ0) is 14.7. The molecule has 0 atom stereocenters. The van der Waals surface area contributed by atoms with Gasteiger partial charge in [0.25, 0.3) is 0 Å². The second kappa shape index (κ2) is 5.68. The van der Waals surface area contributed by atoms with Crippen molar-refractivity contribution in [2.75, 3.05) is 6.61 Å². The Bertz CT molecular complexity index is 687. The number of aromatic nitrogens is 4. The Morgan fingerprint density at radius 1 is 1.35 bits per heavy atom. The molecular formula is C13H16N4O3. The number of carbonyl (C=O) groups is 1. The maximum atomic E-state index is 12.1. The van der Waals surface area contributed by atoms with Crippen LogP contribution in [0.15, 0.2) is 23.4 Å². The van der Waals surface area contributed by atoms with Crippen LogP contribution in [0.5, 0.6) is 0 Å². The molecule has 7 heteroatoms. The van der Waals surface area contributed by atoms with Crippen LogP contribution in [0, 0.1) is 0 Å². The Labute approximate surface area is 115 Å². The summed E-state index contributed by atoms with van der Waals surface area (Å²) in [7, 11) is 1.78. The van der Waals surface area contributed by atoms with Gasteiger partial charge in [-0.3, -0.25) is 9.48 Å². The number of ether oxygens (including phenoxy) is 1. The monoisotopic (exact) mass is 276 g/mol. The Hall–Kier alpha value is -2.44. The van der Waals surface area contributed by atoms with E-state index in [1.807, 2.05) is 6.92 Å². The third-order valence-electron chi connectivity index (χ3n) is 2.80. The fourth-order valence-corrected chi connectivity index (χ4v) is 1.78. The predicted octanol–water partition coefficient (Wildman–Crippen LogP) is 0.705. The zero-order valence-corrected chi connectivity index (χ0v) is 11.7. The minimum absolute atomic E-state index is 0.198. The number of rotatable bonds is 4. The number of hydrogen-bond acceptors (Lipinski definition) is 5. The molecule has 2 heterocycles. The summed E-state index contributed by atoms with van der Waals surface area (Å²) in [5, 5.41) is 8.10. The second-order valence-corrected chi connectivity index (χ2v) is 4.22. The van der Waals surface area contributed by atoms with Crippen LogP contribution < -0.4 is 5.43 Å². The minimum atomic E-state index is -0.703. The van der Waals surface area contributed by atoms with E-state index in [2.05, 4.69) is 10.2 Å². The van der Waals surface area contributed by atoms with Crippen LogP contribution in [0.3, 0.4) is 0 Å². The van der Waals surface area contributed by atoms with Crippen molar-refractivity contribution < 1.29 is 9.53 Å². The smallest absolute Gasteiger partial charge is 0.362 e. The standard InChI is InChI=1S/C13H16N4O3/c1-4-9-7-17(10-6-14-16(3)8-10)15-11(12(9)18)13(19)20-5-2/h6-8H,4-5H2,1-3H3. The molecule has 7 nitrogen and oxygen atoms in total. The van der Waals surface area contributed by atoms with E-state index < -0.39 is 5.97 Å². The first-order chi connectivity index (χ1) is 9.56. The van der Waals surface area contributed by atoms with Gasteiger partial charge in [-0.1, -0.05) is 6.92 Å². The molecule has 106 valence electrons. The van der Waals surface area contributed by atoms with Gasteiger partial charge < -0.3 is 4.74 Å². The molecule has 0 spiro atoms. The highest BCUT2D eigenvalue weighted by molar-refractivity contribution is 5.87. The lowest BCUT2D eigenvalue weighted by molar-refractivity contribution is 0.0515. The molecule has 0 aliphatic heterocycles. The van der Waals surface area contributed by atoms with Gasteiger partial charge in [0.2, 0.25) is 11.1 Å². The Balaban J connectivity index is 2.57. The highest BCUT2D eigenvalue weighted by atomic mass is 16.5. The van der Waals surface area contributed by atoms with Gasteiger partial charge in [0.15, 0.2) is 0 Å². The number of carbonyl (C=O) groups excluding carboxylic acids is 1. The molecule has 0 fully saturated rings. The molecule has 0 aromatic carbocycles. The lowest BCUT2D eigenvalue weighted by atomic mass is 10.2. The summed E-state index contributed by atoms with van der Waals surface area (Å²) in [4.78, 5) is 23.9. The van der Waals surface area contributed by atoms with Crippen molar-refractivity contribution in [2.24, 2.45) is 7.05 Å². The lowest BCUT2D eigenvalue weighted by Gasteiger charge is -2.07. The highest BCUT2D eigenvalue weighted by Gasteiger charge is 2.18. The molecule has 2 aromatic heterocycles. The van der Waals surface area contributed by atoms with Crippen LogP contribution in [0.2, 0.25) is 0 Å². The maximum absolute atomic E-state index is 12.1. The average Bonchev–Trinajstić information content (AvgIpc) is 2.86. The van der Waals surface area contributed by atoms with Gasteiger partial charge in [0.1, 0.15) is 5.69 Å². The normalized spacial score (nSPS) is 10.6. The number of nitrogens with zero attached hydrogens (tertiary/aromatic N) is 4. The summed E-state index contributed by atoms with van der Waals surface area (Å²) in [5.74, 6) is -0.703. The summed E-state index contributed by atoms with van der Waals surface area (Å²) in [6.45, 7) is 3.73. The molecule has 0 radical (unpaired) electrons. The molecular weight excluding hydrogens is 260 g/mol. The number of esters is 1. The molecule has 2 aromatic rings. The molecule has 20 heavy (non-hydrogen) atoms. The quantitative estimate of drug-likeness (QED) is 0.768. The van der Waals surface area contributed by atoms with Crippen molar-refractivity contribution in [1.82, 2.24) is 19.6 Å². The fourth-order valence-electron chi connectivity index (χ4n) is 1.78. The van der Waals surface area contributed by atoms with Crippen LogP contribution in [0.25, 0.3) is 5.69 Å². The van der Waals surface area contributed by atoms with E-state index in [1.54, 1.807) is 37.2 Å². The largest absolute Gasteiger partial charge is 0.461 e. The fraction of sp³-hybridized carbons (Fsp3) is 0.385. The number of hydrogen-bond donors (Lipinski definition) is 0. The van der Waals surface area contributed by atoms with Gasteiger partial charge in [-0.25, -0.2) is 9.48 Å². The average molecular weight is 276 g/mol. The molecule has 0 bridgehead atoms. The minimum Gasteiger partial charge on any atom is -0.461 e. The molecule has 0 N–H and O–H groups in total. The molecule has 0 unspecified atom stereocenters. The lowest BCUT2D eigenvalue weighted by Crippen LogP contribution is -2.26. The molecule has 0 aliphatic rings. The van der Waals surface area contributed by atoms with E-state index in [9.17, 15) is 9.59 Å². The Kier molecular flexibility index (Phi) is 3.97. The highest BCUT2D eigenvalue weighted by Crippen LogP contribution is 2.06. The van der Waals surface area contributed by atoms with E-state index in [0.29, 0.717) is 17.7 Å². The summed E-state index contributed by atoms with van der Waals surface area (Å²) >= 11 is 0. The summed E-state index contributed by atoms with van der Waals surface area (Å²) < 4.78 is 7.96. The van der Waals surface area contributed by atoms with Crippen LogP contribution in [-0.2, 0) is 18.2 Å². The van der Waals surface area contributed by atoms with Crippen LogP contribution in [0.4, 0.5) is 0 Å². The third kappa shape index (κ3) is 2.61. The van der Waals surface area contributed by atoms with E-state index >= 15 is 0 Å². The van der Waals surface area contributed by atoms with E-state index in [4.69, 9.17) is 4.74 Å². The van der Waals surface area contributed by atoms with Crippen molar-refractivity contribution in [1.29, 1.82) is 0 Å². The van der Waals surface area contributed by atoms with Crippen molar-refractivity contribution in [3.05, 3.63) is 40.1 Å². The SMILES string of the molecule is CCOC(=O)c1nn(-c2cnn(C)c2)cc(CC)c1=O. The van der Waals surface area contributed by atoms with Gasteiger partial charge in [0, 0.05) is 18.8 Å². The zero-order valence-electron chi connectivity index (χ0n) is 11.7. The van der Waals surface area contributed by atoms with Crippen LogP contribution in [0.1, 0.15) is 29.9 Å². The first kappa shape index (κ1) is 14.0. The van der Waals surface area contributed by atoms with Gasteiger partial charge in [-0.15, -0.1) is 0 Å². The Morgan fingerprint density at radius 3 is 2.65 bits per heavy atom. The molecule has 0 saturated carbocycles. The maximum Gasteiger partial charge on any atom is 0.362 e. The predicted molar refractivity (Wildman–Crippen MR) is 71.9 cm³/mol. The molecule has 0 saturated heterocycles. The van der Waals surface area contributed by atoms with Gasteiger partial charge in [-0.05, 0) is 13.3 Å². The second-order valence-electron chi connectivity index (χ2n) is 4.22. The first-order valence-corrected chi connectivity index (χ1v) is 6.35. The van der Waals surface area contributed by atoms with Crippen molar-refractivity contribution in [3.8, 4) is 5.69 Å². The van der Waals surface area contributed by atoms with Gasteiger partial charge in [-0.2, -0.15) is 10.2 Å². The topological polar surface area (TPSA) is 79.0 Å². The number of aryl methyl sites for hydroxylation is 2. The first-order valence-electron chi connectivity index (χ1n) is 6.35. The molecule has 0 amide bonds. The Morgan fingerprint density at radius 2 is 2.10 bits per heavy atom. The van der Waals surface area contributed by atoms with Gasteiger partial charge >= 0.3 is 5.97 Å². The van der Waals surface area contributed by atoms with Crippen molar-refractivity contribution in [3.63, 3.8) is 0 Å². The van der Waals surface area contributed by atoms with Crippen molar-refractivity contribution in [2.45, 2.75) is 20.3 Å². The summed E-state index contributed by atoms with van der Waals surface area (Å²) in [5.41, 5.74) is 0.598.